The number of hydrogen-bond acceptors (Lipinski definition) is 3. The number of carbonyl (C=O) groups is 1. The van der Waals surface area contributed by atoms with Gasteiger partial charge in [0.1, 0.15) is 5.82 Å². The molecule has 1 amide bonds. The third-order valence-electron chi connectivity index (χ3n) is 2.92. The summed E-state index contributed by atoms with van der Waals surface area (Å²) in [6.45, 7) is 8.31. The monoisotopic (exact) mass is 235 g/mol. The molecule has 2 N–H and O–H groups in total. The van der Waals surface area contributed by atoms with E-state index >= 15 is 0 Å². The zero-order valence-corrected chi connectivity index (χ0v) is 11.2. The minimum absolute atomic E-state index is 0.0501. The summed E-state index contributed by atoms with van der Waals surface area (Å²) in [6.07, 6.45) is 1.63. The normalized spacial score (nSPS) is 13.0. The Morgan fingerprint density at radius 1 is 1.41 bits per heavy atom. The van der Waals surface area contributed by atoms with Crippen molar-refractivity contribution in [3.05, 3.63) is 23.9 Å². The van der Waals surface area contributed by atoms with Gasteiger partial charge >= 0.3 is 0 Å². The summed E-state index contributed by atoms with van der Waals surface area (Å²) in [7, 11) is 1.78. The molecule has 4 nitrogen and oxygen atoms in total. The molecule has 1 aromatic heterocycles. The fourth-order valence-corrected chi connectivity index (χ4v) is 1.20. The van der Waals surface area contributed by atoms with Crippen molar-refractivity contribution in [1.82, 2.24) is 10.3 Å². The van der Waals surface area contributed by atoms with Crippen molar-refractivity contribution in [3.8, 4) is 0 Å². The second kappa shape index (κ2) is 5.17. The van der Waals surface area contributed by atoms with E-state index in [1.807, 2.05) is 6.92 Å². The van der Waals surface area contributed by atoms with E-state index in [1.165, 1.54) is 0 Å². The fourth-order valence-electron chi connectivity index (χ4n) is 1.20. The SMILES string of the molecule is CNc1cc(C(=O)NC(C)C(C)(C)C)ccn1. The van der Waals surface area contributed by atoms with Crippen LogP contribution in [0.3, 0.4) is 0 Å². The largest absolute Gasteiger partial charge is 0.373 e. The lowest BCUT2D eigenvalue weighted by Crippen LogP contribution is -2.41. The van der Waals surface area contributed by atoms with Gasteiger partial charge in [0.05, 0.1) is 0 Å². The van der Waals surface area contributed by atoms with Gasteiger partial charge in [0, 0.05) is 24.8 Å². The number of aromatic nitrogens is 1. The highest BCUT2D eigenvalue weighted by molar-refractivity contribution is 5.95. The molecule has 0 fully saturated rings. The van der Waals surface area contributed by atoms with Gasteiger partial charge < -0.3 is 10.6 Å². The molecule has 1 rings (SSSR count). The molecule has 94 valence electrons. The Kier molecular flexibility index (Phi) is 4.10. The molecule has 0 spiro atoms. The first kappa shape index (κ1) is 13.5. The van der Waals surface area contributed by atoms with Crippen LogP contribution in [0.15, 0.2) is 18.3 Å². The highest BCUT2D eigenvalue weighted by atomic mass is 16.1. The third-order valence-corrected chi connectivity index (χ3v) is 2.92. The first-order valence-corrected chi connectivity index (χ1v) is 5.79. The molecule has 1 aromatic rings. The number of hydrogen-bond donors (Lipinski definition) is 2. The van der Waals surface area contributed by atoms with Gasteiger partial charge in [-0.25, -0.2) is 4.98 Å². The lowest BCUT2D eigenvalue weighted by Gasteiger charge is -2.28. The van der Waals surface area contributed by atoms with Gasteiger partial charge in [-0.15, -0.1) is 0 Å². The number of nitrogens with one attached hydrogen (secondary N) is 2. The van der Waals surface area contributed by atoms with Crippen LogP contribution in [0.4, 0.5) is 5.82 Å². The number of rotatable bonds is 3. The Labute approximate surface area is 103 Å². The van der Waals surface area contributed by atoms with Crippen molar-refractivity contribution < 1.29 is 4.79 Å². The Morgan fingerprint density at radius 2 is 2.06 bits per heavy atom. The van der Waals surface area contributed by atoms with E-state index in [-0.39, 0.29) is 17.4 Å². The summed E-state index contributed by atoms with van der Waals surface area (Å²) >= 11 is 0. The minimum atomic E-state index is -0.0636. The van der Waals surface area contributed by atoms with Crippen molar-refractivity contribution in [3.63, 3.8) is 0 Å². The Morgan fingerprint density at radius 3 is 2.59 bits per heavy atom. The lowest BCUT2D eigenvalue weighted by atomic mass is 9.88. The van der Waals surface area contributed by atoms with Gasteiger partial charge in [0.2, 0.25) is 0 Å². The zero-order valence-electron chi connectivity index (χ0n) is 11.2. The summed E-state index contributed by atoms with van der Waals surface area (Å²) in [5, 5.41) is 5.91. The number of carbonyl (C=O) groups excluding carboxylic acids is 1. The molecule has 17 heavy (non-hydrogen) atoms. The summed E-state index contributed by atoms with van der Waals surface area (Å²) in [4.78, 5) is 16.1. The summed E-state index contributed by atoms with van der Waals surface area (Å²) in [5.41, 5.74) is 0.676. The van der Waals surface area contributed by atoms with Gasteiger partial charge in [-0.2, -0.15) is 0 Å². The first-order chi connectivity index (χ1) is 7.84. The van der Waals surface area contributed by atoms with Crippen LogP contribution in [0, 0.1) is 5.41 Å². The smallest absolute Gasteiger partial charge is 0.251 e. The lowest BCUT2D eigenvalue weighted by molar-refractivity contribution is 0.0910. The van der Waals surface area contributed by atoms with Crippen LogP contribution in [0.25, 0.3) is 0 Å². The van der Waals surface area contributed by atoms with Gasteiger partial charge in [-0.3, -0.25) is 4.79 Å². The fraction of sp³-hybridized carbons (Fsp3) is 0.538. The predicted molar refractivity (Wildman–Crippen MR) is 70.2 cm³/mol. The molecule has 4 heteroatoms. The van der Waals surface area contributed by atoms with Gasteiger partial charge in [0.25, 0.3) is 5.91 Å². The maximum absolute atomic E-state index is 12.0. The molecule has 1 unspecified atom stereocenters. The zero-order chi connectivity index (χ0) is 13.1. The molecule has 0 aliphatic carbocycles. The van der Waals surface area contributed by atoms with E-state index in [4.69, 9.17) is 0 Å². The number of pyridine rings is 1. The van der Waals surface area contributed by atoms with Crippen LogP contribution in [0.1, 0.15) is 38.1 Å². The van der Waals surface area contributed by atoms with E-state index in [0.29, 0.717) is 11.4 Å². The third kappa shape index (κ3) is 3.73. The van der Waals surface area contributed by atoms with Crippen LogP contribution in [-0.2, 0) is 0 Å². The molecule has 0 radical (unpaired) electrons. The highest BCUT2D eigenvalue weighted by Gasteiger charge is 2.22. The van der Waals surface area contributed by atoms with Crippen LogP contribution >= 0.6 is 0 Å². The van der Waals surface area contributed by atoms with Crippen LogP contribution in [-0.4, -0.2) is 24.0 Å². The molecule has 0 saturated carbocycles. The molecular weight excluding hydrogens is 214 g/mol. The maximum Gasteiger partial charge on any atom is 0.251 e. The molecule has 0 saturated heterocycles. The molecule has 0 aliphatic rings. The van der Waals surface area contributed by atoms with E-state index in [9.17, 15) is 4.79 Å². The second-order valence-electron chi connectivity index (χ2n) is 5.24. The Balaban J connectivity index is 2.76. The minimum Gasteiger partial charge on any atom is -0.373 e. The Bertz CT molecular complexity index is 396. The van der Waals surface area contributed by atoms with Crippen molar-refractivity contribution >= 4 is 11.7 Å². The average molecular weight is 235 g/mol. The van der Waals surface area contributed by atoms with E-state index < -0.39 is 0 Å². The van der Waals surface area contributed by atoms with Crippen molar-refractivity contribution in [2.45, 2.75) is 33.7 Å². The topological polar surface area (TPSA) is 54.0 Å². The molecule has 0 aliphatic heterocycles. The molecule has 1 atom stereocenters. The first-order valence-electron chi connectivity index (χ1n) is 5.79. The highest BCUT2D eigenvalue weighted by Crippen LogP contribution is 2.19. The predicted octanol–water partition coefficient (Wildman–Crippen LogP) is 2.29. The van der Waals surface area contributed by atoms with Gasteiger partial charge in [-0.05, 0) is 24.5 Å². The van der Waals surface area contributed by atoms with Crippen LogP contribution in [0.2, 0.25) is 0 Å². The summed E-state index contributed by atoms with van der Waals surface area (Å²) in [6, 6.07) is 3.57. The van der Waals surface area contributed by atoms with E-state index in [2.05, 4.69) is 36.4 Å². The molecule has 1 heterocycles. The van der Waals surface area contributed by atoms with Gasteiger partial charge in [0.15, 0.2) is 0 Å². The second-order valence-corrected chi connectivity index (χ2v) is 5.24. The van der Waals surface area contributed by atoms with Crippen molar-refractivity contribution in [2.24, 2.45) is 5.41 Å². The molecule has 0 bridgehead atoms. The standard InChI is InChI=1S/C13H21N3O/c1-9(13(2,3)4)16-12(17)10-6-7-15-11(8-10)14-5/h6-9H,1-5H3,(H,14,15)(H,16,17). The van der Waals surface area contributed by atoms with Gasteiger partial charge in [-0.1, -0.05) is 20.8 Å². The van der Waals surface area contributed by atoms with Crippen LogP contribution < -0.4 is 10.6 Å². The number of amides is 1. The maximum atomic E-state index is 12.0. The quantitative estimate of drug-likeness (QED) is 0.845. The summed E-state index contributed by atoms with van der Waals surface area (Å²) < 4.78 is 0. The number of anilines is 1. The number of nitrogens with zero attached hydrogens (tertiary/aromatic N) is 1. The summed E-state index contributed by atoms with van der Waals surface area (Å²) in [5.74, 6) is 0.632. The van der Waals surface area contributed by atoms with E-state index in [1.54, 1.807) is 25.4 Å². The van der Waals surface area contributed by atoms with Crippen molar-refractivity contribution in [1.29, 1.82) is 0 Å². The van der Waals surface area contributed by atoms with E-state index in [0.717, 1.165) is 0 Å². The average Bonchev–Trinajstić information content (AvgIpc) is 2.27. The Hall–Kier alpha value is -1.58. The molecule has 0 aromatic carbocycles. The van der Waals surface area contributed by atoms with Crippen LogP contribution in [0.5, 0.6) is 0 Å². The van der Waals surface area contributed by atoms with Crippen molar-refractivity contribution in [2.75, 3.05) is 12.4 Å². The molecular formula is C13H21N3O.